The summed E-state index contributed by atoms with van der Waals surface area (Å²) < 4.78 is 5.39. The van der Waals surface area contributed by atoms with E-state index in [0.29, 0.717) is 0 Å². The minimum Gasteiger partial charge on any atom is -0.379 e. The van der Waals surface area contributed by atoms with Gasteiger partial charge < -0.3 is 9.64 Å². The number of fused-ring (bicyclic) bond motifs is 1. The van der Waals surface area contributed by atoms with Gasteiger partial charge in [0.1, 0.15) is 5.54 Å². The van der Waals surface area contributed by atoms with E-state index in [1.54, 1.807) is 0 Å². The average Bonchev–Trinajstić information content (AvgIpc) is 3.01. The third kappa shape index (κ3) is 3.34. The first kappa shape index (κ1) is 17.4. The lowest BCUT2D eigenvalue weighted by Gasteiger charge is -2.38. The summed E-state index contributed by atoms with van der Waals surface area (Å²) >= 11 is 0. The van der Waals surface area contributed by atoms with Gasteiger partial charge in [0.25, 0.3) is 0 Å². The van der Waals surface area contributed by atoms with Crippen molar-refractivity contribution < 1.29 is 9.53 Å². The number of carbonyl (C=O) groups is 1. The smallest absolute Gasteiger partial charge is 0.243 e. The number of nitrogens with zero attached hydrogens (tertiary/aromatic N) is 3. The first-order chi connectivity index (χ1) is 11.5. The molecule has 0 atom stereocenters. The molecule has 1 saturated heterocycles. The van der Waals surface area contributed by atoms with E-state index in [1.807, 2.05) is 26.0 Å². The first-order valence-electron chi connectivity index (χ1n) is 8.83. The molecule has 5 heteroatoms. The predicted molar refractivity (Wildman–Crippen MR) is 95.2 cm³/mol. The van der Waals surface area contributed by atoms with Crippen LogP contribution in [-0.2, 0) is 22.4 Å². The number of benzene rings is 1. The molecule has 5 nitrogen and oxygen atoms in total. The fourth-order valence-electron chi connectivity index (χ4n) is 3.83. The fourth-order valence-corrected chi connectivity index (χ4v) is 3.83. The van der Waals surface area contributed by atoms with Crippen LogP contribution in [0.1, 0.15) is 11.1 Å². The first-order valence-corrected chi connectivity index (χ1v) is 8.83. The third-order valence-electron chi connectivity index (χ3n) is 5.54. The number of ether oxygens (including phenoxy) is 1. The topological polar surface area (TPSA) is 36.0 Å². The highest BCUT2D eigenvalue weighted by Crippen LogP contribution is 2.34. The van der Waals surface area contributed by atoms with E-state index in [4.69, 9.17) is 4.74 Å². The molecule has 0 bridgehead atoms. The lowest BCUT2D eigenvalue weighted by Crippen LogP contribution is -2.58. The SMILES string of the molecule is CN(CCN1CCOCC1)C(=O)C1(N(C)C)Cc2ccccc2C1. The van der Waals surface area contributed by atoms with Crippen LogP contribution < -0.4 is 0 Å². The van der Waals surface area contributed by atoms with E-state index in [9.17, 15) is 4.79 Å². The van der Waals surface area contributed by atoms with Crippen LogP contribution >= 0.6 is 0 Å². The molecule has 1 aliphatic carbocycles. The van der Waals surface area contributed by atoms with Crippen molar-refractivity contribution in [3.8, 4) is 0 Å². The van der Waals surface area contributed by atoms with Crippen molar-refractivity contribution in [3.05, 3.63) is 35.4 Å². The van der Waals surface area contributed by atoms with E-state index in [-0.39, 0.29) is 5.91 Å². The van der Waals surface area contributed by atoms with Gasteiger partial charge in [0, 0.05) is 46.1 Å². The number of rotatable bonds is 5. The highest BCUT2D eigenvalue weighted by atomic mass is 16.5. The second kappa shape index (κ2) is 7.21. The van der Waals surface area contributed by atoms with Crippen molar-refractivity contribution in [3.63, 3.8) is 0 Å². The van der Waals surface area contributed by atoms with Crippen LogP contribution in [0.4, 0.5) is 0 Å². The third-order valence-corrected chi connectivity index (χ3v) is 5.54. The summed E-state index contributed by atoms with van der Waals surface area (Å²) in [5.41, 5.74) is 2.17. The van der Waals surface area contributed by atoms with E-state index in [0.717, 1.165) is 52.2 Å². The van der Waals surface area contributed by atoms with Gasteiger partial charge in [-0.3, -0.25) is 14.6 Å². The molecule has 1 fully saturated rings. The fraction of sp³-hybridized carbons (Fsp3) is 0.632. The molecule has 2 aliphatic rings. The Bertz CT molecular complexity index is 557. The summed E-state index contributed by atoms with van der Waals surface area (Å²) in [4.78, 5) is 19.7. The van der Waals surface area contributed by atoms with Crippen LogP contribution in [0.25, 0.3) is 0 Å². The number of carbonyl (C=O) groups excluding carboxylic acids is 1. The van der Waals surface area contributed by atoms with Crippen molar-refractivity contribution in [2.75, 3.05) is 60.5 Å². The number of morpholine rings is 1. The molecular formula is C19H29N3O2. The lowest BCUT2D eigenvalue weighted by molar-refractivity contribution is -0.141. The summed E-state index contributed by atoms with van der Waals surface area (Å²) in [7, 11) is 6.00. The molecule has 132 valence electrons. The molecule has 0 radical (unpaired) electrons. The molecule has 0 N–H and O–H groups in total. The van der Waals surface area contributed by atoms with Crippen molar-refractivity contribution in [1.82, 2.24) is 14.7 Å². The summed E-state index contributed by atoms with van der Waals surface area (Å²) in [5.74, 6) is 0.233. The number of hydrogen-bond acceptors (Lipinski definition) is 4. The number of hydrogen-bond donors (Lipinski definition) is 0. The van der Waals surface area contributed by atoms with Crippen molar-refractivity contribution >= 4 is 5.91 Å². The van der Waals surface area contributed by atoms with Gasteiger partial charge in [0.05, 0.1) is 13.2 Å². The number of likely N-dealkylation sites (N-methyl/N-ethyl adjacent to an activating group) is 2. The molecule has 0 saturated carbocycles. The Morgan fingerprint density at radius 2 is 1.71 bits per heavy atom. The normalized spacial score (nSPS) is 20.2. The Kier molecular flexibility index (Phi) is 5.23. The maximum Gasteiger partial charge on any atom is 0.243 e. The molecule has 0 spiro atoms. The minimum absolute atomic E-state index is 0.233. The van der Waals surface area contributed by atoms with Crippen LogP contribution in [0, 0.1) is 0 Å². The maximum atomic E-state index is 13.3. The van der Waals surface area contributed by atoms with E-state index >= 15 is 0 Å². The molecule has 1 aromatic carbocycles. The van der Waals surface area contributed by atoms with Gasteiger partial charge in [0.15, 0.2) is 0 Å². The summed E-state index contributed by atoms with van der Waals surface area (Å²) in [6.07, 6.45) is 1.60. The Labute approximate surface area is 145 Å². The highest BCUT2D eigenvalue weighted by molar-refractivity contribution is 5.88. The van der Waals surface area contributed by atoms with Gasteiger partial charge >= 0.3 is 0 Å². The highest BCUT2D eigenvalue weighted by Gasteiger charge is 2.46. The van der Waals surface area contributed by atoms with E-state index < -0.39 is 5.54 Å². The van der Waals surface area contributed by atoms with Gasteiger partial charge in [-0.05, 0) is 25.2 Å². The Balaban J connectivity index is 1.67. The quantitative estimate of drug-likeness (QED) is 0.802. The molecule has 3 rings (SSSR count). The molecule has 1 aliphatic heterocycles. The zero-order valence-electron chi connectivity index (χ0n) is 15.1. The monoisotopic (exact) mass is 331 g/mol. The molecule has 1 aromatic rings. The van der Waals surface area contributed by atoms with Crippen molar-refractivity contribution in [2.45, 2.75) is 18.4 Å². The standard InChI is InChI=1S/C19H29N3O2/c1-20(2)19(14-16-6-4-5-7-17(16)15-19)18(23)21(3)8-9-22-10-12-24-13-11-22/h4-7H,8-15H2,1-3H3. The van der Waals surface area contributed by atoms with Crippen LogP contribution in [0.2, 0.25) is 0 Å². The Morgan fingerprint density at radius 3 is 2.25 bits per heavy atom. The lowest BCUT2D eigenvalue weighted by atomic mass is 9.92. The van der Waals surface area contributed by atoms with E-state index in [2.05, 4.69) is 34.1 Å². The average molecular weight is 331 g/mol. The van der Waals surface area contributed by atoms with Crippen LogP contribution in [0.3, 0.4) is 0 Å². The number of amides is 1. The molecule has 1 heterocycles. The van der Waals surface area contributed by atoms with Gasteiger partial charge in [-0.25, -0.2) is 0 Å². The van der Waals surface area contributed by atoms with Crippen molar-refractivity contribution in [2.24, 2.45) is 0 Å². The molecule has 1 amide bonds. The second-order valence-electron chi connectivity index (χ2n) is 7.23. The largest absolute Gasteiger partial charge is 0.379 e. The summed E-state index contributed by atoms with van der Waals surface area (Å²) in [6.45, 7) is 5.22. The Hall–Kier alpha value is -1.43. The Morgan fingerprint density at radius 1 is 1.12 bits per heavy atom. The zero-order valence-corrected chi connectivity index (χ0v) is 15.1. The van der Waals surface area contributed by atoms with Gasteiger partial charge in [-0.1, -0.05) is 24.3 Å². The van der Waals surface area contributed by atoms with Gasteiger partial charge in [-0.15, -0.1) is 0 Å². The summed E-state index contributed by atoms with van der Waals surface area (Å²) in [5, 5.41) is 0. The van der Waals surface area contributed by atoms with Crippen LogP contribution in [0.5, 0.6) is 0 Å². The predicted octanol–water partition coefficient (Wildman–Crippen LogP) is 0.876. The van der Waals surface area contributed by atoms with Gasteiger partial charge in [-0.2, -0.15) is 0 Å². The van der Waals surface area contributed by atoms with E-state index in [1.165, 1.54) is 11.1 Å². The van der Waals surface area contributed by atoms with Crippen LogP contribution in [-0.4, -0.2) is 86.7 Å². The van der Waals surface area contributed by atoms with Crippen LogP contribution in [0.15, 0.2) is 24.3 Å². The molecule has 24 heavy (non-hydrogen) atoms. The minimum atomic E-state index is -0.441. The second-order valence-corrected chi connectivity index (χ2v) is 7.23. The summed E-state index contributed by atoms with van der Waals surface area (Å²) in [6, 6.07) is 8.44. The van der Waals surface area contributed by atoms with Gasteiger partial charge in [0.2, 0.25) is 5.91 Å². The maximum absolute atomic E-state index is 13.3. The molecular weight excluding hydrogens is 302 g/mol. The van der Waals surface area contributed by atoms with Crippen molar-refractivity contribution in [1.29, 1.82) is 0 Å². The molecule has 0 unspecified atom stereocenters. The zero-order chi connectivity index (χ0) is 17.2. The molecule has 0 aromatic heterocycles.